The molecule has 0 saturated carbocycles. The molecule has 0 aliphatic rings. The van der Waals surface area contributed by atoms with Crippen molar-refractivity contribution in [2.75, 3.05) is 0 Å². The zero-order valence-electron chi connectivity index (χ0n) is 9.91. The number of nitro groups is 1. The summed E-state index contributed by atoms with van der Waals surface area (Å²) in [6.07, 6.45) is 1.70. The van der Waals surface area contributed by atoms with Crippen LogP contribution in [0.4, 0.5) is 5.95 Å². The maximum Gasteiger partial charge on any atom is 0.435 e. The Bertz CT molecular complexity index is 791. The van der Waals surface area contributed by atoms with Crippen LogP contribution in [0.2, 0.25) is 0 Å². The van der Waals surface area contributed by atoms with Gasteiger partial charge in [-0.2, -0.15) is 0 Å². The van der Waals surface area contributed by atoms with Crippen LogP contribution in [0.25, 0.3) is 21.9 Å². The Morgan fingerprint density at radius 2 is 2.22 bits per heavy atom. The molecule has 3 aromatic rings. The smallest absolute Gasteiger partial charge is 0.390 e. The van der Waals surface area contributed by atoms with Gasteiger partial charge in [-0.05, 0) is 35.6 Å². The molecule has 6 heteroatoms. The molecular weight excluding hydrogens is 232 g/mol. The maximum absolute atomic E-state index is 10.9. The lowest BCUT2D eigenvalue weighted by molar-refractivity contribution is -0.396. The van der Waals surface area contributed by atoms with Gasteiger partial charge in [0, 0.05) is 11.6 Å². The van der Waals surface area contributed by atoms with Crippen LogP contribution in [-0.4, -0.2) is 19.5 Å². The summed E-state index contributed by atoms with van der Waals surface area (Å²) in [5, 5.41) is 11.8. The predicted octanol–water partition coefficient (Wildman–Crippen LogP) is 2.34. The molecule has 0 bridgehead atoms. The van der Waals surface area contributed by atoms with Crippen LogP contribution in [0, 0.1) is 17.0 Å². The van der Waals surface area contributed by atoms with E-state index >= 15 is 0 Å². The molecule has 90 valence electrons. The van der Waals surface area contributed by atoms with Crippen molar-refractivity contribution in [3.05, 3.63) is 40.1 Å². The first-order valence-electron chi connectivity index (χ1n) is 5.44. The lowest BCUT2D eigenvalue weighted by atomic mass is 10.1. The number of pyridine rings is 1. The SMILES string of the molecule is Cc1cc2ncccc2c2nc([N+](=O)[O-])n(C)c12. The molecule has 18 heavy (non-hydrogen) atoms. The van der Waals surface area contributed by atoms with Gasteiger partial charge in [0.15, 0.2) is 5.52 Å². The summed E-state index contributed by atoms with van der Waals surface area (Å²) in [6, 6.07) is 5.60. The molecule has 0 radical (unpaired) electrons. The van der Waals surface area contributed by atoms with Crippen LogP contribution in [0.5, 0.6) is 0 Å². The largest absolute Gasteiger partial charge is 0.435 e. The number of hydrogen-bond acceptors (Lipinski definition) is 4. The maximum atomic E-state index is 10.9. The van der Waals surface area contributed by atoms with Crippen LogP contribution in [0.1, 0.15) is 5.56 Å². The molecule has 6 nitrogen and oxygen atoms in total. The highest BCUT2D eigenvalue weighted by atomic mass is 16.6. The van der Waals surface area contributed by atoms with Crippen molar-refractivity contribution in [1.82, 2.24) is 14.5 Å². The summed E-state index contributed by atoms with van der Waals surface area (Å²) in [7, 11) is 1.66. The fourth-order valence-corrected chi connectivity index (χ4v) is 2.30. The topological polar surface area (TPSA) is 73.8 Å². The second-order valence-electron chi connectivity index (χ2n) is 4.19. The lowest BCUT2D eigenvalue weighted by Gasteiger charge is -1.99. The van der Waals surface area contributed by atoms with Crippen molar-refractivity contribution in [2.45, 2.75) is 6.92 Å². The van der Waals surface area contributed by atoms with Gasteiger partial charge >= 0.3 is 5.95 Å². The Labute approximate surface area is 102 Å². The van der Waals surface area contributed by atoms with Gasteiger partial charge in [-0.3, -0.25) is 4.98 Å². The second kappa shape index (κ2) is 3.49. The molecule has 0 saturated heterocycles. The summed E-state index contributed by atoms with van der Waals surface area (Å²) in [6.45, 7) is 1.90. The van der Waals surface area contributed by atoms with Crippen molar-refractivity contribution in [2.24, 2.45) is 7.05 Å². The van der Waals surface area contributed by atoms with Gasteiger partial charge in [0.05, 0.1) is 12.6 Å². The third kappa shape index (κ3) is 1.29. The predicted molar refractivity (Wildman–Crippen MR) is 67.4 cm³/mol. The molecule has 0 fully saturated rings. The first-order chi connectivity index (χ1) is 8.59. The van der Waals surface area contributed by atoms with Gasteiger partial charge in [0.25, 0.3) is 0 Å². The molecule has 0 atom stereocenters. The quantitative estimate of drug-likeness (QED) is 0.485. The third-order valence-corrected chi connectivity index (χ3v) is 3.06. The minimum absolute atomic E-state index is 0.149. The molecule has 0 unspecified atom stereocenters. The summed E-state index contributed by atoms with van der Waals surface area (Å²) in [4.78, 5) is 18.9. The van der Waals surface area contributed by atoms with Crippen molar-refractivity contribution < 1.29 is 4.92 Å². The highest BCUT2D eigenvalue weighted by Crippen LogP contribution is 2.29. The van der Waals surface area contributed by atoms with Gasteiger partial charge in [0.2, 0.25) is 0 Å². The van der Waals surface area contributed by atoms with Crippen LogP contribution in [-0.2, 0) is 7.05 Å². The summed E-state index contributed by atoms with van der Waals surface area (Å²) >= 11 is 0. The Kier molecular flexibility index (Phi) is 2.07. The lowest BCUT2D eigenvalue weighted by Crippen LogP contribution is -1.98. The highest BCUT2D eigenvalue weighted by Gasteiger charge is 2.22. The summed E-state index contributed by atoms with van der Waals surface area (Å²) in [5.74, 6) is -0.149. The van der Waals surface area contributed by atoms with E-state index in [1.807, 2.05) is 19.1 Å². The second-order valence-corrected chi connectivity index (χ2v) is 4.19. The molecule has 2 aromatic heterocycles. The third-order valence-electron chi connectivity index (χ3n) is 3.06. The fraction of sp³-hybridized carbons (Fsp3) is 0.167. The number of benzene rings is 1. The van der Waals surface area contributed by atoms with Crippen LogP contribution >= 0.6 is 0 Å². The first-order valence-corrected chi connectivity index (χ1v) is 5.44. The minimum atomic E-state index is -0.471. The van der Waals surface area contributed by atoms with Crippen LogP contribution in [0.3, 0.4) is 0 Å². The number of nitrogens with zero attached hydrogens (tertiary/aromatic N) is 4. The molecular formula is C12H10N4O2. The van der Waals surface area contributed by atoms with E-state index in [2.05, 4.69) is 9.97 Å². The molecule has 3 rings (SSSR count). The van der Waals surface area contributed by atoms with Gasteiger partial charge < -0.3 is 10.1 Å². The van der Waals surface area contributed by atoms with Gasteiger partial charge in [0.1, 0.15) is 5.52 Å². The van der Waals surface area contributed by atoms with Crippen molar-refractivity contribution >= 4 is 27.9 Å². The first kappa shape index (κ1) is 10.6. The summed E-state index contributed by atoms with van der Waals surface area (Å²) < 4.78 is 1.51. The van der Waals surface area contributed by atoms with E-state index in [-0.39, 0.29) is 5.95 Å². The molecule has 0 aliphatic carbocycles. The zero-order valence-corrected chi connectivity index (χ0v) is 9.91. The number of imidazole rings is 1. The molecule has 2 heterocycles. The van der Waals surface area contributed by atoms with E-state index in [0.717, 1.165) is 22.0 Å². The summed E-state index contributed by atoms with van der Waals surface area (Å²) in [5.41, 5.74) is 3.14. The Morgan fingerprint density at radius 3 is 2.94 bits per heavy atom. The minimum Gasteiger partial charge on any atom is -0.390 e. The van der Waals surface area contributed by atoms with Crippen molar-refractivity contribution in [3.63, 3.8) is 0 Å². The average Bonchev–Trinajstić information content (AvgIpc) is 2.68. The van der Waals surface area contributed by atoms with Gasteiger partial charge in [-0.15, -0.1) is 0 Å². The number of fused-ring (bicyclic) bond motifs is 3. The standard InChI is InChI=1S/C12H10N4O2/c1-7-6-9-8(4-3-5-13-9)10-11(7)15(2)12(14-10)16(17)18/h3-6H,1-2H3. The van der Waals surface area contributed by atoms with E-state index in [4.69, 9.17) is 0 Å². The van der Waals surface area contributed by atoms with E-state index < -0.39 is 4.92 Å². The number of rotatable bonds is 1. The fourth-order valence-electron chi connectivity index (χ4n) is 2.30. The molecule has 0 N–H and O–H groups in total. The van der Waals surface area contributed by atoms with Crippen molar-refractivity contribution in [3.8, 4) is 0 Å². The monoisotopic (exact) mass is 242 g/mol. The zero-order chi connectivity index (χ0) is 12.9. The van der Waals surface area contributed by atoms with E-state index in [0.29, 0.717) is 5.52 Å². The molecule has 0 spiro atoms. The molecule has 0 amide bonds. The Balaban J connectivity index is 2.57. The number of aromatic nitrogens is 3. The Morgan fingerprint density at radius 1 is 1.44 bits per heavy atom. The van der Waals surface area contributed by atoms with E-state index in [1.165, 1.54) is 4.57 Å². The highest BCUT2D eigenvalue weighted by molar-refractivity contribution is 6.04. The van der Waals surface area contributed by atoms with Crippen molar-refractivity contribution in [1.29, 1.82) is 0 Å². The van der Waals surface area contributed by atoms with E-state index in [9.17, 15) is 10.1 Å². The normalized spacial score (nSPS) is 11.2. The molecule has 1 aromatic carbocycles. The Hall–Kier alpha value is -2.50. The molecule has 0 aliphatic heterocycles. The average molecular weight is 242 g/mol. The van der Waals surface area contributed by atoms with Gasteiger partial charge in [-0.1, -0.05) is 4.98 Å². The van der Waals surface area contributed by atoms with Gasteiger partial charge in [-0.25, -0.2) is 4.57 Å². The van der Waals surface area contributed by atoms with Crippen LogP contribution < -0.4 is 0 Å². The van der Waals surface area contributed by atoms with Crippen LogP contribution in [0.15, 0.2) is 24.4 Å². The van der Waals surface area contributed by atoms with E-state index in [1.54, 1.807) is 19.3 Å². The number of hydrogen-bond donors (Lipinski definition) is 0. The number of aryl methyl sites for hydroxylation is 2.